The highest BCUT2D eigenvalue weighted by Crippen LogP contribution is 2.44. The van der Waals surface area contributed by atoms with E-state index in [1.807, 2.05) is 31.2 Å². The van der Waals surface area contributed by atoms with Crippen LogP contribution >= 0.6 is 0 Å². The molecule has 0 unspecified atom stereocenters. The van der Waals surface area contributed by atoms with Crippen molar-refractivity contribution in [3.05, 3.63) is 116 Å². The number of benzene rings is 3. The lowest BCUT2D eigenvalue weighted by Crippen LogP contribution is -2.54. The first kappa shape index (κ1) is 30.9. The molecule has 1 heterocycles. The van der Waals surface area contributed by atoms with Crippen LogP contribution in [-0.4, -0.2) is 42.2 Å². The van der Waals surface area contributed by atoms with Crippen molar-refractivity contribution in [1.29, 1.82) is 0 Å². The average Bonchev–Trinajstić information content (AvgIpc) is 3.42. The summed E-state index contributed by atoms with van der Waals surface area (Å²) in [5, 5.41) is 16.6. The summed E-state index contributed by atoms with van der Waals surface area (Å²) in [6, 6.07) is 21.4. The van der Waals surface area contributed by atoms with Gasteiger partial charge in [0.2, 0.25) is 5.90 Å². The molecule has 222 valence electrons. The number of azide groups is 2. The van der Waals surface area contributed by atoms with E-state index in [4.69, 9.17) is 25.1 Å². The van der Waals surface area contributed by atoms with E-state index in [0.717, 1.165) is 6.42 Å². The molecule has 3 aromatic rings. The van der Waals surface area contributed by atoms with Crippen LogP contribution in [0, 0.1) is 0 Å². The molecule has 1 aliphatic heterocycles. The highest BCUT2D eigenvalue weighted by atomic mass is 16.5. The van der Waals surface area contributed by atoms with Crippen LogP contribution in [0.25, 0.3) is 20.9 Å². The molecule has 13 nitrogen and oxygen atoms in total. The Kier molecular flexibility index (Phi) is 11.0. The number of hydrazine groups is 1. The van der Waals surface area contributed by atoms with Crippen LogP contribution in [0.5, 0.6) is 5.75 Å². The van der Waals surface area contributed by atoms with Gasteiger partial charge < -0.3 is 14.6 Å². The van der Waals surface area contributed by atoms with Crippen molar-refractivity contribution >= 4 is 17.5 Å². The van der Waals surface area contributed by atoms with Crippen LogP contribution < -0.4 is 15.6 Å². The number of hydrogen-bond donors (Lipinski definition) is 3. The van der Waals surface area contributed by atoms with Gasteiger partial charge in [-0.2, -0.15) is 0 Å². The molecule has 1 aliphatic rings. The minimum Gasteiger partial charge on any atom is -0.494 e. The Morgan fingerprint density at radius 1 is 1.07 bits per heavy atom. The third-order valence-electron chi connectivity index (χ3n) is 6.85. The first-order valence-electron chi connectivity index (χ1n) is 13.9. The second kappa shape index (κ2) is 15.2. The molecule has 0 radical (unpaired) electrons. The molecule has 0 aromatic heterocycles. The number of aliphatic hydroxyl groups excluding tert-OH is 1. The zero-order chi connectivity index (χ0) is 30.5. The van der Waals surface area contributed by atoms with Crippen molar-refractivity contribution in [1.82, 2.24) is 10.9 Å². The van der Waals surface area contributed by atoms with Crippen LogP contribution in [0.3, 0.4) is 0 Å². The second-order valence-corrected chi connectivity index (χ2v) is 9.75. The van der Waals surface area contributed by atoms with E-state index in [0.29, 0.717) is 53.3 Å². The molecule has 0 saturated heterocycles. The highest BCUT2D eigenvalue weighted by molar-refractivity contribution is 6.01. The summed E-state index contributed by atoms with van der Waals surface area (Å²) in [4.78, 5) is 25.1. The third kappa shape index (κ3) is 7.42. The zero-order valence-electron chi connectivity index (χ0n) is 23.8. The Balaban J connectivity index is 1.86. The number of nitrogens with zero attached hydrogens (tertiary/aromatic N) is 7. The molecular weight excluding hydrogens is 550 g/mol. The van der Waals surface area contributed by atoms with Gasteiger partial charge in [-0.25, -0.2) is 10.4 Å². The number of aliphatic imine (C=N–C) groups is 1. The Morgan fingerprint density at radius 3 is 2.53 bits per heavy atom. The van der Waals surface area contributed by atoms with Gasteiger partial charge in [-0.1, -0.05) is 65.7 Å². The van der Waals surface area contributed by atoms with Crippen LogP contribution in [-0.2, 0) is 22.5 Å². The van der Waals surface area contributed by atoms with Gasteiger partial charge in [-0.05, 0) is 58.4 Å². The second-order valence-electron chi connectivity index (χ2n) is 9.75. The van der Waals surface area contributed by atoms with Gasteiger partial charge in [-0.15, -0.1) is 0 Å². The van der Waals surface area contributed by atoms with Gasteiger partial charge >= 0.3 is 0 Å². The Bertz CT molecular complexity index is 1530. The van der Waals surface area contributed by atoms with Crippen LogP contribution in [0.15, 0.2) is 88.0 Å². The lowest BCUT2D eigenvalue weighted by molar-refractivity contribution is -0.130. The minimum absolute atomic E-state index is 0.0331. The van der Waals surface area contributed by atoms with Crippen LogP contribution in [0.4, 0.5) is 5.69 Å². The molecule has 2 atom stereocenters. The molecule has 0 saturated carbocycles. The first-order valence-corrected chi connectivity index (χ1v) is 13.9. The lowest BCUT2D eigenvalue weighted by atomic mass is 9.80. The quantitative estimate of drug-likeness (QED) is 0.0675. The number of carbonyl (C=O) groups is 1. The fraction of sp³-hybridized carbons (Fsp3) is 0.333. The molecule has 1 amide bonds. The normalized spacial score (nSPS) is 17.2. The predicted octanol–water partition coefficient (Wildman–Crippen LogP) is 5.73. The Hall–Kier alpha value is -5.06. The van der Waals surface area contributed by atoms with Gasteiger partial charge in [0.25, 0.3) is 5.91 Å². The summed E-state index contributed by atoms with van der Waals surface area (Å²) in [7, 11) is 0. The van der Waals surface area contributed by atoms with E-state index in [2.05, 4.69) is 30.9 Å². The molecule has 3 N–H and O–H groups in total. The highest BCUT2D eigenvalue weighted by Gasteiger charge is 2.54. The van der Waals surface area contributed by atoms with Crippen LogP contribution in [0.2, 0.25) is 0 Å². The largest absolute Gasteiger partial charge is 0.494 e. The molecule has 43 heavy (non-hydrogen) atoms. The van der Waals surface area contributed by atoms with Gasteiger partial charge in [0, 0.05) is 47.1 Å². The van der Waals surface area contributed by atoms with Crippen molar-refractivity contribution in [3.63, 3.8) is 0 Å². The zero-order valence-corrected chi connectivity index (χ0v) is 23.8. The molecule has 0 spiro atoms. The van der Waals surface area contributed by atoms with Crippen molar-refractivity contribution in [3.8, 4) is 5.75 Å². The summed E-state index contributed by atoms with van der Waals surface area (Å²) in [6.07, 6.45) is 0.392. The Morgan fingerprint density at radius 2 is 1.81 bits per heavy atom. The predicted molar refractivity (Wildman–Crippen MR) is 161 cm³/mol. The molecule has 0 aliphatic carbocycles. The number of amides is 1. The van der Waals surface area contributed by atoms with E-state index >= 15 is 0 Å². The van der Waals surface area contributed by atoms with Gasteiger partial charge in [0.1, 0.15) is 5.75 Å². The van der Waals surface area contributed by atoms with E-state index in [1.165, 1.54) is 0 Å². The maximum atomic E-state index is 14.2. The van der Waals surface area contributed by atoms with Gasteiger partial charge in [0.15, 0.2) is 11.6 Å². The fourth-order valence-electron chi connectivity index (χ4n) is 4.77. The fourth-order valence-corrected chi connectivity index (χ4v) is 4.77. The van der Waals surface area contributed by atoms with E-state index in [1.54, 1.807) is 48.5 Å². The summed E-state index contributed by atoms with van der Waals surface area (Å²) in [5.74, 6) is 0.403. The van der Waals surface area contributed by atoms with Crippen LogP contribution in [0.1, 0.15) is 48.1 Å². The summed E-state index contributed by atoms with van der Waals surface area (Å²) in [5.41, 5.74) is 25.3. The number of ether oxygens (including phenoxy) is 2. The monoisotopic (exact) mass is 583 g/mol. The summed E-state index contributed by atoms with van der Waals surface area (Å²) < 4.78 is 12.2. The SMILES string of the molecule is CCCNNC(=O)[C@@]1(Cc2ccccc2N=[N+]=[N-])N=C(c2ccc(OCCCO)cc2)O[C@H]1c1ccccc1CN=[N+]=[N-]. The molecule has 0 bridgehead atoms. The summed E-state index contributed by atoms with van der Waals surface area (Å²) in [6.45, 7) is 2.96. The van der Waals surface area contributed by atoms with Crippen molar-refractivity contribution < 1.29 is 19.4 Å². The Labute approximate surface area is 248 Å². The molecule has 13 heteroatoms. The van der Waals surface area contributed by atoms with Crippen molar-refractivity contribution in [2.24, 2.45) is 15.2 Å². The smallest absolute Gasteiger partial charge is 0.266 e. The van der Waals surface area contributed by atoms with Crippen molar-refractivity contribution in [2.45, 2.75) is 44.4 Å². The van der Waals surface area contributed by atoms with E-state index < -0.39 is 17.6 Å². The van der Waals surface area contributed by atoms with E-state index in [9.17, 15) is 10.3 Å². The summed E-state index contributed by atoms with van der Waals surface area (Å²) >= 11 is 0. The number of hydrogen-bond acceptors (Lipinski definition) is 8. The minimum atomic E-state index is -1.56. The van der Waals surface area contributed by atoms with E-state index in [-0.39, 0.29) is 25.5 Å². The third-order valence-corrected chi connectivity index (χ3v) is 6.85. The maximum absolute atomic E-state index is 14.2. The molecule has 4 rings (SSSR count). The first-order chi connectivity index (χ1) is 21.1. The molecular formula is C30H33N9O4. The number of aliphatic hydroxyl groups is 1. The molecule has 0 fully saturated rings. The van der Waals surface area contributed by atoms with Gasteiger partial charge in [-0.3, -0.25) is 10.2 Å². The van der Waals surface area contributed by atoms with Crippen molar-refractivity contribution in [2.75, 3.05) is 19.8 Å². The molecule has 3 aromatic carbocycles. The average molecular weight is 584 g/mol. The number of carbonyl (C=O) groups excluding carboxylic acids is 1. The number of rotatable bonds is 15. The maximum Gasteiger partial charge on any atom is 0.266 e. The van der Waals surface area contributed by atoms with Gasteiger partial charge in [0.05, 0.1) is 13.2 Å². The standard InChI is InChI=1S/C30H33N9O4/c1-2-16-33-37-29(41)30(19-22-8-4-6-11-26(22)36-39-32)27(25-10-5-3-9-23(25)20-34-38-31)43-28(35-30)21-12-14-24(15-13-21)42-18-7-17-40/h3-6,8-15,27,33,40H,2,7,16-20H2,1H3,(H,37,41)/t27-,30-/m0/s1. The number of nitrogens with one attached hydrogen (secondary N) is 2. The lowest BCUT2D eigenvalue weighted by Gasteiger charge is -2.32. The topological polar surface area (TPSA) is 190 Å².